The highest BCUT2D eigenvalue weighted by molar-refractivity contribution is 7.89. The van der Waals surface area contributed by atoms with Gasteiger partial charge in [-0.3, -0.25) is 4.79 Å². The highest BCUT2D eigenvalue weighted by atomic mass is 32.2. The third-order valence-corrected chi connectivity index (χ3v) is 7.39. The van der Waals surface area contributed by atoms with Crippen LogP contribution in [0.5, 0.6) is 0 Å². The Bertz CT molecular complexity index is 1070. The molecule has 0 aliphatic carbocycles. The van der Waals surface area contributed by atoms with E-state index >= 15 is 0 Å². The molecule has 2 heterocycles. The Hall–Kier alpha value is -2.22. The van der Waals surface area contributed by atoms with Gasteiger partial charge in [-0.1, -0.05) is 6.07 Å². The number of hydrogen-bond donors (Lipinski definition) is 1. The molecule has 0 aliphatic rings. The molecule has 5 nitrogen and oxygen atoms in total. The van der Waals surface area contributed by atoms with E-state index in [2.05, 4.69) is 4.72 Å². The van der Waals surface area contributed by atoms with Gasteiger partial charge in [0.25, 0.3) is 0 Å². The van der Waals surface area contributed by atoms with Crippen molar-refractivity contribution >= 4 is 27.1 Å². The zero-order chi connectivity index (χ0) is 19.8. The fraction of sp³-hybridized carbons (Fsp3) is 0.250. The van der Waals surface area contributed by atoms with Gasteiger partial charge >= 0.3 is 0 Å². The van der Waals surface area contributed by atoms with E-state index in [0.717, 1.165) is 27.1 Å². The van der Waals surface area contributed by atoms with Gasteiger partial charge in [-0.2, -0.15) is 0 Å². The van der Waals surface area contributed by atoms with Gasteiger partial charge in [-0.15, -0.1) is 11.3 Å². The summed E-state index contributed by atoms with van der Waals surface area (Å²) in [5.41, 5.74) is 3.40. The van der Waals surface area contributed by atoms with Gasteiger partial charge in [0.15, 0.2) is 5.76 Å². The average molecular weight is 404 g/mol. The van der Waals surface area contributed by atoms with E-state index in [9.17, 15) is 13.2 Å². The van der Waals surface area contributed by atoms with Crippen LogP contribution in [0.4, 0.5) is 0 Å². The van der Waals surface area contributed by atoms with E-state index in [1.807, 2.05) is 33.8 Å². The Morgan fingerprint density at radius 3 is 2.33 bits per heavy atom. The van der Waals surface area contributed by atoms with E-state index < -0.39 is 10.0 Å². The predicted molar refractivity (Wildman–Crippen MR) is 106 cm³/mol. The van der Waals surface area contributed by atoms with Crippen molar-refractivity contribution in [2.75, 3.05) is 0 Å². The van der Waals surface area contributed by atoms with Crippen LogP contribution in [0.1, 0.15) is 42.6 Å². The van der Waals surface area contributed by atoms with Gasteiger partial charge in [0.05, 0.1) is 16.0 Å². The predicted octanol–water partition coefficient (Wildman–Crippen LogP) is 4.28. The monoisotopic (exact) mass is 403 g/mol. The molecule has 3 rings (SSSR count). The lowest BCUT2D eigenvalue weighted by Crippen LogP contribution is -2.25. The fourth-order valence-corrected chi connectivity index (χ4v) is 5.55. The van der Waals surface area contributed by atoms with Crippen molar-refractivity contribution in [1.29, 1.82) is 0 Å². The second-order valence-electron chi connectivity index (χ2n) is 6.49. The van der Waals surface area contributed by atoms with Crippen LogP contribution in [-0.4, -0.2) is 14.2 Å². The molecule has 0 spiro atoms. The summed E-state index contributed by atoms with van der Waals surface area (Å²) in [6.07, 6.45) is 1.45. The van der Waals surface area contributed by atoms with E-state index in [4.69, 9.17) is 4.42 Å². The van der Waals surface area contributed by atoms with Gasteiger partial charge in [-0.05, 0) is 74.2 Å². The maximum absolute atomic E-state index is 12.9. The molecule has 0 radical (unpaired) electrons. The highest BCUT2D eigenvalue weighted by Gasteiger charge is 2.22. The van der Waals surface area contributed by atoms with E-state index in [1.54, 1.807) is 24.3 Å². The molecule has 1 aromatic carbocycles. The molecule has 27 heavy (non-hydrogen) atoms. The smallest absolute Gasteiger partial charge is 0.241 e. The van der Waals surface area contributed by atoms with Crippen LogP contribution < -0.4 is 4.72 Å². The molecule has 3 aromatic rings. The fourth-order valence-electron chi connectivity index (χ4n) is 2.95. The molecule has 7 heteroatoms. The Balaban J connectivity index is 1.80. The van der Waals surface area contributed by atoms with Crippen LogP contribution in [0.2, 0.25) is 0 Å². The van der Waals surface area contributed by atoms with Crippen LogP contribution in [0.15, 0.2) is 45.9 Å². The Morgan fingerprint density at radius 1 is 1.07 bits per heavy atom. The zero-order valence-corrected chi connectivity index (χ0v) is 17.3. The van der Waals surface area contributed by atoms with Crippen molar-refractivity contribution < 1.29 is 17.6 Å². The van der Waals surface area contributed by atoms with Crippen LogP contribution in [-0.2, 0) is 16.6 Å². The van der Waals surface area contributed by atoms with E-state index in [0.29, 0.717) is 9.77 Å². The summed E-state index contributed by atoms with van der Waals surface area (Å²) in [5, 5.41) is 0. The minimum absolute atomic E-state index is 0.129. The van der Waals surface area contributed by atoms with E-state index in [1.165, 1.54) is 17.6 Å². The Labute approximate surface area is 163 Å². The summed E-state index contributed by atoms with van der Waals surface area (Å²) >= 11 is 1.25. The highest BCUT2D eigenvalue weighted by Crippen LogP contribution is 2.27. The first kappa shape index (κ1) is 19.5. The summed E-state index contributed by atoms with van der Waals surface area (Å²) in [5.74, 6) is 0.0607. The number of carbonyl (C=O) groups excluding carboxylic acids is 1. The standard InChI is InChI=1S/C20H21NO4S2/c1-12-10-13(2)15(4)20(14(12)3)27(23,24)21-11-16-7-8-18(26-16)19(22)17-6-5-9-25-17/h5-10,21H,11H2,1-4H3. The van der Waals surface area contributed by atoms with Gasteiger partial charge in [0.1, 0.15) is 0 Å². The van der Waals surface area contributed by atoms with Gasteiger partial charge in [0.2, 0.25) is 15.8 Å². The number of benzene rings is 1. The molecule has 0 saturated heterocycles. The lowest BCUT2D eigenvalue weighted by atomic mass is 10.0. The number of aryl methyl sites for hydroxylation is 2. The third kappa shape index (κ3) is 3.90. The van der Waals surface area contributed by atoms with Crippen molar-refractivity contribution in [2.45, 2.75) is 39.1 Å². The quantitative estimate of drug-likeness (QED) is 0.623. The first-order valence-electron chi connectivity index (χ1n) is 8.44. The molecule has 0 atom stereocenters. The molecule has 142 valence electrons. The summed E-state index contributed by atoms with van der Waals surface area (Å²) in [4.78, 5) is 13.9. The minimum Gasteiger partial charge on any atom is -0.461 e. The SMILES string of the molecule is Cc1cc(C)c(C)c(S(=O)(=O)NCc2ccc(C(=O)c3ccco3)s2)c1C. The molecule has 2 aromatic heterocycles. The minimum atomic E-state index is -3.67. The lowest BCUT2D eigenvalue weighted by molar-refractivity contribution is 0.101. The van der Waals surface area contributed by atoms with Gasteiger partial charge in [-0.25, -0.2) is 13.1 Å². The number of ketones is 1. The molecule has 0 saturated carbocycles. The van der Waals surface area contributed by atoms with Crippen LogP contribution in [0.25, 0.3) is 0 Å². The van der Waals surface area contributed by atoms with Crippen molar-refractivity contribution in [3.63, 3.8) is 0 Å². The molecule has 0 fully saturated rings. The number of hydrogen-bond acceptors (Lipinski definition) is 5. The van der Waals surface area contributed by atoms with Crippen molar-refractivity contribution in [1.82, 2.24) is 4.72 Å². The second-order valence-corrected chi connectivity index (χ2v) is 9.36. The van der Waals surface area contributed by atoms with Crippen molar-refractivity contribution in [2.24, 2.45) is 0 Å². The average Bonchev–Trinajstić information content (AvgIpc) is 3.29. The number of rotatable bonds is 6. The van der Waals surface area contributed by atoms with Crippen LogP contribution in [0, 0.1) is 27.7 Å². The first-order valence-corrected chi connectivity index (χ1v) is 10.7. The van der Waals surface area contributed by atoms with Crippen molar-refractivity contribution in [3.05, 3.63) is 74.4 Å². The summed E-state index contributed by atoms with van der Waals surface area (Å²) in [6.45, 7) is 7.59. The largest absolute Gasteiger partial charge is 0.461 e. The van der Waals surface area contributed by atoms with Gasteiger partial charge in [0, 0.05) is 11.4 Å². The number of carbonyl (C=O) groups is 1. The zero-order valence-electron chi connectivity index (χ0n) is 15.6. The van der Waals surface area contributed by atoms with Crippen molar-refractivity contribution in [3.8, 4) is 0 Å². The normalized spacial score (nSPS) is 11.7. The second kappa shape index (κ2) is 7.42. The van der Waals surface area contributed by atoms with E-state index in [-0.39, 0.29) is 18.1 Å². The van der Waals surface area contributed by atoms with Crippen LogP contribution >= 0.6 is 11.3 Å². The summed E-state index contributed by atoms with van der Waals surface area (Å²) < 4.78 is 33.6. The molecule has 0 unspecified atom stereocenters. The maximum atomic E-state index is 12.9. The lowest BCUT2D eigenvalue weighted by Gasteiger charge is -2.16. The molecule has 1 N–H and O–H groups in total. The topological polar surface area (TPSA) is 76.4 Å². The molecule has 0 amide bonds. The van der Waals surface area contributed by atoms with Crippen LogP contribution in [0.3, 0.4) is 0 Å². The third-order valence-electron chi connectivity index (χ3n) is 4.63. The molecule has 0 bridgehead atoms. The molecular weight excluding hydrogens is 382 g/mol. The summed E-state index contributed by atoms with van der Waals surface area (Å²) in [6, 6.07) is 8.70. The molecular formula is C20H21NO4S2. The first-order chi connectivity index (χ1) is 12.7. The number of thiophene rings is 1. The number of sulfonamides is 1. The maximum Gasteiger partial charge on any atom is 0.241 e. The molecule has 0 aliphatic heterocycles. The number of furan rings is 1. The Kier molecular flexibility index (Phi) is 5.37. The Morgan fingerprint density at radius 2 is 1.74 bits per heavy atom. The van der Waals surface area contributed by atoms with Gasteiger partial charge < -0.3 is 4.42 Å². The number of nitrogens with one attached hydrogen (secondary N) is 1. The summed E-state index contributed by atoms with van der Waals surface area (Å²) in [7, 11) is -3.67.